The Balaban J connectivity index is 2.27. The molecule has 0 amide bonds. The number of nitrogens with zero attached hydrogens (tertiary/aromatic N) is 1. The molecule has 0 bridgehead atoms. The number of benzene rings is 1. The highest BCUT2D eigenvalue weighted by Gasteiger charge is 2.27. The third-order valence-electron chi connectivity index (χ3n) is 4.50. The second-order valence-electron chi connectivity index (χ2n) is 5.70. The van der Waals surface area contributed by atoms with Crippen LogP contribution >= 0.6 is 0 Å². The lowest BCUT2D eigenvalue weighted by Crippen LogP contribution is -2.29. The lowest BCUT2D eigenvalue weighted by molar-refractivity contribution is 0.498. The maximum absolute atomic E-state index is 12.6. The van der Waals surface area contributed by atoms with E-state index in [4.69, 9.17) is 0 Å². The fraction of sp³-hybridized carbons (Fsp3) is 0.333. The topological polar surface area (TPSA) is 105 Å². The molecule has 2 aromatic heterocycles. The van der Waals surface area contributed by atoms with Gasteiger partial charge in [0.15, 0.2) is 0 Å². The molecule has 2 heterocycles. The van der Waals surface area contributed by atoms with Crippen molar-refractivity contribution in [2.45, 2.75) is 31.7 Å². The molecule has 0 spiro atoms. The van der Waals surface area contributed by atoms with Gasteiger partial charge in [-0.2, -0.15) is 0 Å². The average Bonchev–Trinajstić information content (AvgIpc) is 3.12. The van der Waals surface area contributed by atoms with Crippen LogP contribution in [0.2, 0.25) is 0 Å². The fourth-order valence-electron chi connectivity index (χ4n) is 3.46. The molecule has 7 heteroatoms. The Morgan fingerprint density at radius 1 is 0.818 bits per heavy atom. The zero-order valence-corrected chi connectivity index (χ0v) is 11.6. The van der Waals surface area contributed by atoms with Crippen molar-refractivity contribution in [3.8, 4) is 0 Å². The van der Waals surface area contributed by atoms with Gasteiger partial charge in [-0.3, -0.25) is 23.7 Å². The molecule has 22 heavy (non-hydrogen) atoms. The van der Waals surface area contributed by atoms with Crippen molar-refractivity contribution >= 4 is 21.8 Å². The molecule has 1 aliphatic rings. The second kappa shape index (κ2) is 4.40. The number of nitrogens with one attached hydrogen (secondary N) is 2. The molecule has 0 unspecified atom stereocenters. The van der Waals surface area contributed by atoms with E-state index >= 15 is 0 Å². The van der Waals surface area contributed by atoms with E-state index in [-0.39, 0.29) is 27.8 Å². The van der Waals surface area contributed by atoms with Gasteiger partial charge in [0.25, 0.3) is 11.1 Å². The van der Waals surface area contributed by atoms with Crippen molar-refractivity contribution < 1.29 is 0 Å². The van der Waals surface area contributed by atoms with Gasteiger partial charge in [-0.15, -0.1) is 0 Å². The Morgan fingerprint density at radius 2 is 1.27 bits per heavy atom. The van der Waals surface area contributed by atoms with Gasteiger partial charge in [-0.25, -0.2) is 0 Å². The van der Waals surface area contributed by atoms with Crippen molar-refractivity contribution in [1.82, 2.24) is 14.5 Å². The summed E-state index contributed by atoms with van der Waals surface area (Å²) in [5, 5.41) is -0.574. The van der Waals surface area contributed by atoms with E-state index in [0.29, 0.717) is 0 Å². The van der Waals surface area contributed by atoms with Gasteiger partial charge in [-0.05, 0) is 12.8 Å². The number of aromatic nitrogens is 3. The van der Waals surface area contributed by atoms with Gasteiger partial charge in [0.2, 0.25) is 10.9 Å². The van der Waals surface area contributed by atoms with Crippen LogP contribution in [0.15, 0.2) is 31.6 Å². The number of H-pyrrole nitrogens is 2. The summed E-state index contributed by atoms with van der Waals surface area (Å²) >= 11 is 0. The van der Waals surface area contributed by atoms with Crippen molar-refractivity contribution in [2.24, 2.45) is 0 Å². The molecule has 7 nitrogen and oxygen atoms in total. The van der Waals surface area contributed by atoms with Crippen molar-refractivity contribution in [3.05, 3.63) is 53.5 Å². The molecule has 1 aliphatic carbocycles. The first-order chi connectivity index (χ1) is 10.6. The van der Waals surface area contributed by atoms with Crippen molar-refractivity contribution in [1.29, 1.82) is 0 Å². The lowest BCUT2D eigenvalue weighted by atomic mass is 10.1. The third-order valence-corrected chi connectivity index (χ3v) is 4.50. The van der Waals surface area contributed by atoms with Crippen LogP contribution in [0.3, 0.4) is 0 Å². The molecule has 112 valence electrons. The van der Waals surface area contributed by atoms with E-state index in [2.05, 4.69) is 9.97 Å². The monoisotopic (exact) mass is 299 g/mol. The number of rotatable bonds is 1. The van der Waals surface area contributed by atoms with Gasteiger partial charge >= 0.3 is 0 Å². The van der Waals surface area contributed by atoms with Gasteiger partial charge in [0.05, 0.1) is 0 Å². The number of fused-ring (bicyclic) bond motifs is 2. The first-order valence-electron chi connectivity index (χ1n) is 7.25. The van der Waals surface area contributed by atoms with Crippen LogP contribution in [0.1, 0.15) is 31.7 Å². The predicted octanol–water partition coefficient (Wildman–Crippen LogP) is 0.444. The predicted molar refractivity (Wildman–Crippen MR) is 81.9 cm³/mol. The summed E-state index contributed by atoms with van der Waals surface area (Å²) in [6.07, 6.45) is 6.26. The van der Waals surface area contributed by atoms with E-state index in [0.717, 1.165) is 30.3 Å². The van der Waals surface area contributed by atoms with Crippen molar-refractivity contribution in [3.63, 3.8) is 0 Å². The van der Waals surface area contributed by atoms with Gasteiger partial charge < -0.3 is 9.97 Å². The molecule has 1 saturated carbocycles. The van der Waals surface area contributed by atoms with E-state index in [1.807, 2.05) is 0 Å². The van der Waals surface area contributed by atoms with Gasteiger partial charge in [-0.1, -0.05) is 12.8 Å². The highest BCUT2D eigenvalue weighted by Crippen LogP contribution is 2.27. The van der Waals surface area contributed by atoms with E-state index < -0.39 is 22.0 Å². The SMILES string of the molecule is O=c1c2[nH]cc[nH]c2c(=O)c2c(=O)n(C3CCCC3)c(=O)c12. The Kier molecular flexibility index (Phi) is 2.60. The summed E-state index contributed by atoms with van der Waals surface area (Å²) in [5.41, 5.74) is -2.40. The summed E-state index contributed by atoms with van der Waals surface area (Å²) in [4.78, 5) is 55.5. The highest BCUT2D eigenvalue weighted by atomic mass is 16.2. The number of hydrogen-bond donors (Lipinski definition) is 2. The largest absolute Gasteiger partial charge is 0.355 e. The summed E-state index contributed by atoms with van der Waals surface area (Å²) in [7, 11) is 0. The van der Waals surface area contributed by atoms with Crippen LogP contribution in [0.5, 0.6) is 0 Å². The molecule has 0 radical (unpaired) electrons. The molecule has 3 aromatic rings. The minimum absolute atomic E-state index is 0.0284. The van der Waals surface area contributed by atoms with Crippen LogP contribution in [0, 0.1) is 0 Å². The summed E-state index contributed by atoms with van der Waals surface area (Å²) in [5.74, 6) is 0. The minimum atomic E-state index is -0.631. The lowest BCUT2D eigenvalue weighted by Gasteiger charge is -2.07. The van der Waals surface area contributed by atoms with Gasteiger partial charge in [0, 0.05) is 18.4 Å². The van der Waals surface area contributed by atoms with E-state index in [1.54, 1.807) is 0 Å². The average molecular weight is 299 g/mol. The molecule has 0 saturated heterocycles. The molecule has 0 aliphatic heterocycles. The van der Waals surface area contributed by atoms with Crippen molar-refractivity contribution in [2.75, 3.05) is 0 Å². The molecule has 0 atom stereocenters. The minimum Gasteiger partial charge on any atom is -0.355 e. The second-order valence-corrected chi connectivity index (χ2v) is 5.70. The maximum Gasteiger partial charge on any atom is 0.266 e. The molecular weight excluding hydrogens is 286 g/mol. The summed E-state index contributed by atoms with van der Waals surface area (Å²) < 4.78 is 1.11. The molecule has 1 aromatic carbocycles. The van der Waals surface area contributed by atoms with Crippen LogP contribution < -0.4 is 22.0 Å². The quantitative estimate of drug-likeness (QED) is 0.680. The van der Waals surface area contributed by atoms with Crippen LogP contribution in [0.25, 0.3) is 21.8 Å². The fourth-order valence-corrected chi connectivity index (χ4v) is 3.46. The third kappa shape index (κ3) is 1.50. The Bertz CT molecular complexity index is 1040. The van der Waals surface area contributed by atoms with Crippen LogP contribution in [-0.4, -0.2) is 14.5 Å². The Hall–Kier alpha value is -2.70. The van der Waals surface area contributed by atoms with E-state index in [1.165, 1.54) is 12.4 Å². The van der Waals surface area contributed by atoms with Gasteiger partial charge in [0.1, 0.15) is 21.8 Å². The maximum atomic E-state index is 12.6. The summed E-state index contributed by atoms with van der Waals surface area (Å²) in [6.45, 7) is 0. The van der Waals surface area contributed by atoms with Crippen LogP contribution in [-0.2, 0) is 0 Å². The van der Waals surface area contributed by atoms with E-state index in [9.17, 15) is 19.2 Å². The standard InChI is InChI=1S/C15H13N3O4/c19-12-8-9(13(20)11-10(12)16-5-6-17-11)15(22)18(14(8)21)7-3-1-2-4-7/h5-7,16-17H,1-4H2. The first-order valence-corrected chi connectivity index (χ1v) is 7.25. The molecule has 1 fully saturated rings. The Morgan fingerprint density at radius 3 is 1.73 bits per heavy atom. The zero-order valence-electron chi connectivity index (χ0n) is 11.6. The smallest absolute Gasteiger partial charge is 0.266 e. The normalized spacial score (nSPS) is 16.0. The Labute approximate surface area is 122 Å². The number of aromatic amines is 2. The molecule has 2 N–H and O–H groups in total. The molecule has 4 rings (SSSR count). The van der Waals surface area contributed by atoms with Crippen LogP contribution in [0.4, 0.5) is 0 Å². The highest BCUT2D eigenvalue weighted by molar-refractivity contribution is 5.94. The first kappa shape index (κ1) is 13.0. The zero-order chi connectivity index (χ0) is 15.4. The molecular formula is C15H13N3O4. The number of hydrogen-bond acceptors (Lipinski definition) is 4. The summed E-state index contributed by atoms with van der Waals surface area (Å²) in [6, 6.07) is -0.206.